The molecule has 8 heteroatoms. The maximum atomic E-state index is 12.8. The van der Waals surface area contributed by atoms with Gasteiger partial charge in [-0.25, -0.2) is 8.42 Å². The third-order valence-corrected chi connectivity index (χ3v) is 6.55. The highest BCUT2D eigenvalue weighted by atomic mass is 32.2. The summed E-state index contributed by atoms with van der Waals surface area (Å²) in [5.41, 5.74) is 0.610. The number of aromatic nitrogens is 2. The van der Waals surface area contributed by atoms with Crippen LogP contribution in [0.25, 0.3) is 0 Å². The van der Waals surface area contributed by atoms with Crippen LogP contribution in [-0.4, -0.2) is 48.0 Å². The first-order valence-corrected chi connectivity index (χ1v) is 9.94. The largest absolute Gasteiger partial charge is 0.356 e. The minimum atomic E-state index is -3.60. The number of amides is 1. The van der Waals surface area contributed by atoms with Crippen molar-refractivity contribution in [3.8, 4) is 0 Å². The number of rotatable bonds is 6. The zero-order chi connectivity index (χ0) is 17.9. The molecule has 1 aromatic rings. The van der Waals surface area contributed by atoms with Crippen molar-refractivity contribution in [2.45, 2.75) is 44.9 Å². The lowest BCUT2D eigenvalue weighted by molar-refractivity contribution is -0.126. The van der Waals surface area contributed by atoms with Crippen LogP contribution < -0.4 is 5.32 Å². The number of hydrogen-bond acceptors (Lipinski definition) is 4. The minimum Gasteiger partial charge on any atom is -0.356 e. The molecule has 2 heterocycles. The Hall–Kier alpha value is -1.41. The van der Waals surface area contributed by atoms with Gasteiger partial charge in [0.25, 0.3) is 0 Å². The predicted molar refractivity (Wildman–Crippen MR) is 91.9 cm³/mol. The fourth-order valence-electron chi connectivity index (χ4n) is 2.87. The molecule has 2 rings (SSSR count). The number of nitrogens with one attached hydrogen (secondary N) is 1. The second-order valence-electron chi connectivity index (χ2n) is 6.89. The maximum absolute atomic E-state index is 12.8. The molecular weight excluding hydrogens is 328 g/mol. The van der Waals surface area contributed by atoms with Crippen LogP contribution in [0.3, 0.4) is 0 Å². The van der Waals surface area contributed by atoms with Crippen LogP contribution in [0.1, 0.15) is 38.8 Å². The highest BCUT2D eigenvalue weighted by Crippen LogP contribution is 2.25. The normalized spacial score (nSPS) is 19.6. The third kappa shape index (κ3) is 4.16. The van der Waals surface area contributed by atoms with Gasteiger partial charge in [0.2, 0.25) is 15.9 Å². The van der Waals surface area contributed by atoms with Crippen molar-refractivity contribution < 1.29 is 13.2 Å². The number of carbonyl (C=O) groups excluding carboxylic acids is 1. The fourth-order valence-corrected chi connectivity index (χ4v) is 4.58. The minimum absolute atomic E-state index is 0.0431. The van der Waals surface area contributed by atoms with Gasteiger partial charge in [-0.15, -0.1) is 0 Å². The molecule has 1 fully saturated rings. The van der Waals surface area contributed by atoms with E-state index < -0.39 is 10.0 Å². The molecule has 0 aliphatic carbocycles. The van der Waals surface area contributed by atoms with Gasteiger partial charge in [0.15, 0.2) is 0 Å². The Bertz CT molecular complexity index is 681. The average molecular weight is 356 g/mol. The smallest absolute Gasteiger partial charge is 0.246 e. The number of nitrogens with zero attached hydrogens (tertiary/aromatic N) is 3. The SMILES string of the molecule is Cc1c(S(=O)(=O)N2CCC[C@@H](C(=O)NCCC(C)C)C2)cnn1C. The van der Waals surface area contributed by atoms with Crippen molar-refractivity contribution in [3.63, 3.8) is 0 Å². The van der Waals surface area contributed by atoms with Crippen molar-refractivity contribution in [3.05, 3.63) is 11.9 Å². The first-order chi connectivity index (χ1) is 11.2. The first-order valence-electron chi connectivity index (χ1n) is 8.50. The molecule has 0 saturated carbocycles. The molecule has 24 heavy (non-hydrogen) atoms. The molecule has 0 bridgehead atoms. The van der Waals surface area contributed by atoms with E-state index in [0.717, 1.165) is 12.8 Å². The van der Waals surface area contributed by atoms with Crippen molar-refractivity contribution in [2.24, 2.45) is 18.9 Å². The average Bonchev–Trinajstić information content (AvgIpc) is 2.87. The predicted octanol–water partition coefficient (Wildman–Crippen LogP) is 1.29. The molecule has 1 aliphatic rings. The van der Waals surface area contributed by atoms with E-state index >= 15 is 0 Å². The Morgan fingerprint density at radius 1 is 1.46 bits per heavy atom. The molecule has 0 unspecified atom stereocenters. The first kappa shape index (κ1) is 18.9. The van der Waals surface area contributed by atoms with Crippen LogP contribution in [-0.2, 0) is 21.9 Å². The second-order valence-corrected chi connectivity index (χ2v) is 8.80. The monoisotopic (exact) mass is 356 g/mol. The van der Waals surface area contributed by atoms with Crippen molar-refractivity contribution in [1.82, 2.24) is 19.4 Å². The molecule has 136 valence electrons. The number of piperidine rings is 1. The quantitative estimate of drug-likeness (QED) is 0.832. The molecular formula is C16H28N4O3S. The summed E-state index contributed by atoms with van der Waals surface area (Å²) in [4.78, 5) is 12.5. The van der Waals surface area contributed by atoms with E-state index in [9.17, 15) is 13.2 Å². The van der Waals surface area contributed by atoms with Crippen molar-refractivity contribution in [2.75, 3.05) is 19.6 Å². The number of carbonyl (C=O) groups is 1. The summed E-state index contributed by atoms with van der Waals surface area (Å²) in [6.07, 6.45) is 3.73. The molecule has 1 saturated heterocycles. The fraction of sp³-hybridized carbons (Fsp3) is 0.750. The highest BCUT2D eigenvalue weighted by molar-refractivity contribution is 7.89. The molecule has 7 nitrogen and oxygen atoms in total. The molecule has 0 aromatic carbocycles. The lowest BCUT2D eigenvalue weighted by Crippen LogP contribution is -2.45. The van der Waals surface area contributed by atoms with E-state index in [1.807, 2.05) is 0 Å². The van der Waals surface area contributed by atoms with E-state index in [2.05, 4.69) is 24.3 Å². The van der Waals surface area contributed by atoms with Gasteiger partial charge < -0.3 is 5.32 Å². The van der Waals surface area contributed by atoms with Gasteiger partial charge >= 0.3 is 0 Å². The standard InChI is InChI=1S/C16H28N4O3S/c1-12(2)7-8-17-16(21)14-6-5-9-20(11-14)24(22,23)15-10-18-19(4)13(15)3/h10,12,14H,5-9,11H2,1-4H3,(H,17,21)/t14-/m1/s1. The lowest BCUT2D eigenvalue weighted by Gasteiger charge is -2.31. The molecule has 1 aromatic heterocycles. The molecule has 1 atom stereocenters. The lowest BCUT2D eigenvalue weighted by atomic mass is 9.98. The molecule has 0 spiro atoms. The van der Waals surface area contributed by atoms with Gasteiger partial charge in [-0.3, -0.25) is 9.48 Å². The van der Waals surface area contributed by atoms with Crippen LogP contribution in [0.5, 0.6) is 0 Å². The summed E-state index contributed by atoms with van der Waals surface area (Å²) in [5, 5.41) is 6.95. The van der Waals surface area contributed by atoms with Gasteiger partial charge in [0, 0.05) is 26.7 Å². The third-order valence-electron chi connectivity index (χ3n) is 4.58. The van der Waals surface area contributed by atoms with E-state index in [0.29, 0.717) is 31.1 Å². The van der Waals surface area contributed by atoms with Crippen LogP contribution in [0.2, 0.25) is 0 Å². The molecule has 1 N–H and O–H groups in total. The summed E-state index contributed by atoms with van der Waals surface area (Å²) in [5.74, 6) is 0.207. The topological polar surface area (TPSA) is 84.3 Å². The van der Waals surface area contributed by atoms with E-state index in [4.69, 9.17) is 0 Å². The molecule has 1 amide bonds. The zero-order valence-electron chi connectivity index (χ0n) is 14.9. The van der Waals surface area contributed by atoms with Crippen LogP contribution >= 0.6 is 0 Å². The van der Waals surface area contributed by atoms with Crippen LogP contribution in [0, 0.1) is 18.8 Å². The Balaban J connectivity index is 2.04. The summed E-state index contributed by atoms with van der Waals surface area (Å²) in [6, 6.07) is 0. The van der Waals surface area contributed by atoms with Gasteiger partial charge in [0.1, 0.15) is 4.90 Å². The number of sulfonamides is 1. The summed E-state index contributed by atoms with van der Waals surface area (Å²) in [7, 11) is -1.88. The maximum Gasteiger partial charge on any atom is 0.246 e. The Labute approximate surface area is 144 Å². The van der Waals surface area contributed by atoms with Gasteiger partial charge in [-0.1, -0.05) is 13.8 Å². The summed E-state index contributed by atoms with van der Waals surface area (Å²) in [6.45, 7) is 7.28. The van der Waals surface area contributed by atoms with Gasteiger partial charge in [0.05, 0.1) is 17.8 Å². The van der Waals surface area contributed by atoms with Crippen molar-refractivity contribution in [1.29, 1.82) is 0 Å². The summed E-state index contributed by atoms with van der Waals surface area (Å²) < 4.78 is 28.6. The van der Waals surface area contributed by atoms with E-state index in [1.165, 1.54) is 10.5 Å². The van der Waals surface area contributed by atoms with Gasteiger partial charge in [-0.05, 0) is 32.1 Å². The Morgan fingerprint density at radius 2 is 2.17 bits per heavy atom. The summed E-state index contributed by atoms with van der Waals surface area (Å²) >= 11 is 0. The molecule has 1 aliphatic heterocycles. The zero-order valence-corrected chi connectivity index (χ0v) is 15.8. The van der Waals surface area contributed by atoms with Crippen LogP contribution in [0.15, 0.2) is 11.1 Å². The van der Waals surface area contributed by atoms with Gasteiger partial charge in [-0.2, -0.15) is 9.40 Å². The second kappa shape index (κ2) is 7.65. The molecule has 0 radical (unpaired) electrons. The van der Waals surface area contributed by atoms with E-state index in [-0.39, 0.29) is 23.3 Å². The number of aryl methyl sites for hydroxylation is 1. The van der Waals surface area contributed by atoms with E-state index in [1.54, 1.807) is 18.7 Å². The number of hydrogen-bond donors (Lipinski definition) is 1. The Morgan fingerprint density at radius 3 is 2.75 bits per heavy atom. The van der Waals surface area contributed by atoms with Crippen molar-refractivity contribution >= 4 is 15.9 Å². The Kier molecular flexibility index (Phi) is 6.03. The van der Waals surface area contributed by atoms with Crippen LogP contribution in [0.4, 0.5) is 0 Å². The highest BCUT2D eigenvalue weighted by Gasteiger charge is 2.34.